The van der Waals surface area contributed by atoms with Crippen LogP contribution in [0.3, 0.4) is 0 Å². The lowest BCUT2D eigenvalue weighted by Gasteiger charge is -2.25. The minimum absolute atomic E-state index is 0.0544. The number of likely N-dealkylation sites (tertiary alicyclic amines) is 1. The minimum atomic E-state index is -1.18. The van der Waals surface area contributed by atoms with Crippen molar-refractivity contribution in [2.75, 3.05) is 7.05 Å². The summed E-state index contributed by atoms with van der Waals surface area (Å²) in [6, 6.07) is 2.34. The van der Waals surface area contributed by atoms with Crippen molar-refractivity contribution in [1.29, 1.82) is 0 Å². The lowest BCUT2D eigenvalue weighted by Crippen LogP contribution is -2.43. The van der Waals surface area contributed by atoms with Crippen molar-refractivity contribution < 1.29 is 23.9 Å². The molecule has 23 heavy (non-hydrogen) atoms. The highest BCUT2D eigenvalue weighted by atomic mass is 35.5. The third-order valence-corrected chi connectivity index (χ3v) is 4.24. The fraction of sp³-hybridized carbons (Fsp3) is 0.400. The first-order valence-corrected chi connectivity index (χ1v) is 7.34. The normalized spacial score (nSPS) is 22.1. The number of nitrogens with one attached hydrogen (secondary N) is 1. The second-order valence-corrected chi connectivity index (χ2v) is 5.91. The Morgan fingerprint density at radius 1 is 1.48 bits per heavy atom. The molecule has 124 valence electrons. The molecule has 1 saturated heterocycles. The van der Waals surface area contributed by atoms with Crippen LogP contribution >= 0.6 is 11.6 Å². The molecule has 1 aliphatic heterocycles. The summed E-state index contributed by atoms with van der Waals surface area (Å²) in [4.78, 5) is 36.5. The highest BCUT2D eigenvalue weighted by Crippen LogP contribution is 2.38. The third-order valence-electron chi connectivity index (χ3n) is 3.94. The van der Waals surface area contributed by atoms with Gasteiger partial charge in [0.05, 0.1) is 17.0 Å². The van der Waals surface area contributed by atoms with Crippen LogP contribution in [-0.4, -0.2) is 40.9 Å². The Balaban J connectivity index is 2.30. The van der Waals surface area contributed by atoms with E-state index in [1.54, 1.807) is 6.07 Å². The van der Waals surface area contributed by atoms with Gasteiger partial charge in [-0.05, 0) is 24.6 Å². The van der Waals surface area contributed by atoms with E-state index in [4.69, 9.17) is 16.7 Å². The number of nitrogens with zero attached hydrogens (tertiary/aromatic N) is 1. The van der Waals surface area contributed by atoms with Gasteiger partial charge >= 0.3 is 5.97 Å². The van der Waals surface area contributed by atoms with E-state index in [1.807, 2.05) is 0 Å². The number of hydrogen-bond acceptors (Lipinski definition) is 3. The van der Waals surface area contributed by atoms with E-state index in [0.717, 1.165) is 0 Å². The quantitative estimate of drug-likeness (QED) is 0.870. The Bertz CT molecular complexity index is 667. The molecule has 0 bridgehead atoms. The number of carbonyl (C=O) groups excluding carboxylic acids is 2. The number of hydrogen-bond donors (Lipinski definition) is 2. The van der Waals surface area contributed by atoms with Crippen LogP contribution in [0.15, 0.2) is 18.2 Å². The zero-order chi connectivity index (χ0) is 17.3. The summed E-state index contributed by atoms with van der Waals surface area (Å²) in [5.41, 5.74) is 0.434. The zero-order valence-electron chi connectivity index (χ0n) is 12.5. The third kappa shape index (κ3) is 3.44. The second-order valence-electron chi connectivity index (χ2n) is 5.50. The van der Waals surface area contributed by atoms with Crippen molar-refractivity contribution in [1.82, 2.24) is 10.2 Å². The van der Waals surface area contributed by atoms with Gasteiger partial charge in [-0.15, -0.1) is 0 Å². The fourth-order valence-electron chi connectivity index (χ4n) is 2.64. The molecule has 3 atom stereocenters. The van der Waals surface area contributed by atoms with Gasteiger partial charge in [-0.3, -0.25) is 14.4 Å². The maximum atomic E-state index is 13.7. The first kappa shape index (κ1) is 17.2. The Labute approximate surface area is 137 Å². The SMILES string of the molecule is C[C@@H](NC(=O)C1CC(=O)N(C)C1c1ccc(Cl)c(F)c1)C(=O)O. The molecule has 0 spiro atoms. The monoisotopic (exact) mass is 342 g/mol. The lowest BCUT2D eigenvalue weighted by molar-refractivity contribution is -0.142. The van der Waals surface area contributed by atoms with Gasteiger partial charge in [-0.1, -0.05) is 17.7 Å². The molecule has 0 aromatic heterocycles. The Hall–Kier alpha value is -2.15. The van der Waals surface area contributed by atoms with E-state index in [0.29, 0.717) is 5.56 Å². The van der Waals surface area contributed by atoms with Gasteiger partial charge in [0.15, 0.2) is 0 Å². The van der Waals surface area contributed by atoms with Crippen LogP contribution < -0.4 is 5.32 Å². The second kappa shape index (κ2) is 6.54. The minimum Gasteiger partial charge on any atom is -0.480 e. The van der Waals surface area contributed by atoms with E-state index < -0.39 is 35.7 Å². The number of rotatable bonds is 4. The number of benzene rings is 1. The molecule has 2 amide bonds. The maximum Gasteiger partial charge on any atom is 0.325 e. The zero-order valence-corrected chi connectivity index (χ0v) is 13.3. The summed E-state index contributed by atoms with van der Waals surface area (Å²) in [6.07, 6.45) is -0.0659. The first-order valence-electron chi connectivity index (χ1n) is 6.96. The van der Waals surface area contributed by atoms with Crippen LogP contribution in [0, 0.1) is 11.7 Å². The number of aliphatic carboxylic acids is 1. The van der Waals surface area contributed by atoms with Crippen LogP contribution in [0.4, 0.5) is 4.39 Å². The van der Waals surface area contributed by atoms with Gasteiger partial charge in [0.25, 0.3) is 0 Å². The van der Waals surface area contributed by atoms with Crippen molar-refractivity contribution in [2.24, 2.45) is 5.92 Å². The molecule has 0 aliphatic carbocycles. The molecule has 6 nitrogen and oxygen atoms in total. The van der Waals surface area contributed by atoms with Crippen LogP contribution in [0.1, 0.15) is 24.9 Å². The topological polar surface area (TPSA) is 86.7 Å². The number of carboxylic acid groups (broad SMARTS) is 1. The van der Waals surface area contributed by atoms with Crippen LogP contribution in [0.5, 0.6) is 0 Å². The number of halogens is 2. The van der Waals surface area contributed by atoms with Gasteiger partial charge in [0, 0.05) is 13.5 Å². The van der Waals surface area contributed by atoms with E-state index in [9.17, 15) is 18.8 Å². The summed E-state index contributed by atoms with van der Waals surface area (Å²) in [7, 11) is 1.52. The molecule has 2 rings (SSSR count). The molecule has 1 aromatic rings. The lowest BCUT2D eigenvalue weighted by atomic mass is 9.92. The predicted molar refractivity (Wildman–Crippen MR) is 80.3 cm³/mol. The van der Waals surface area contributed by atoms with Gasteiger partial charge in [-0.2, -0.15) is 0 Å². The molecule has 1 heterocycles. The molecular formula is C15H16ClFN2O4. The maximum absolute atomic E-state index is 13.7. The van der Waals surface area contributed by atoms with Crippen LogP contribution in [-0.2, 0) is 14.4 Å². The Morgan fingerprint density at radius 3 is 2.70 bits per heavy atom. The fourth-order valence-corrected chi connectivity index (χ4v) is 2.76. The number of carbonyl (C=O) groups is 3. The molecule has 1 aromatic carbocycles. The predicted octanol–water partition coefficient (Wildman–Crippen LogP) is 1.59. The van der Waals surface area contributed by atoms with Crippen LogP contribution in [0.2, 0.25) is 5.02 Å². The summed E-state index contributed by atoms with van der Waals surface area (Å²) in [5.74, 6) is -3.44. The molecular weight excluding hydrogens is 327 g/mol. The summed E-state index contributed by atoms with van der Waals surface area (Å²) in [5, 5.41) is 11.2. The van der Waals surface area contributed by atoms with Crippen molar-refractivity contribution in [2.45, 2.75) is 25.4 Å². The highest BCUT2D eigenvalue weighted by molar-refractivity contribution is 6.30. The van der Waals surface area contributed by atoms with Crippen molar-refractivity contribution >= 4 is 29.4 Å². The van der Waals surface area contributed by atoms with E-state index in [-0.39, 0.29) is 17.4 Å². The van der Waals surface area contributed by atoms with E-state index in [2.05, 4.69) is 5.32 Å². The van der Waals surface area contributed by atoms with Crippen molar-refractivity contribution in [3.05, 3.63) is 34.6 Å². The number of carboxylic acids is 1. The Kier molecular flexibility index (Phi) is 4.89. The average molecular weight is 343 g/mol. The molecule has 2 N–H and O–H groups in total. The molecule has 2 unspecified atom stereocenters. The molecule has 1 aliphatic rings. The van der Waals surface area contributed by atoms with Crippen molar-refractivity contribution in [3.8, 4) is 0 Å². The molecule has 0 radical (unpaired) electrons. The average Bonchev–Trinajstić information content (AvgIpc) is 2.78. The van der Waals surface area contributed by atoms with E-state index in [1.165, 1.54) is 31.0 Å². The molecule has 8 heteroatoms. The number of amides is 2. The smallest absolute Gasteiger partial charge is 0.325 e. The van der Waals surface area contributed by atoms with Gasteiger partial charge in [0.1, 0.15) is 11.9 Å². The largest absolute Gasteiger partial charge is 0.480 e. The molecule has 0 saturated carbocycles. The summed E-state index contributed by atoms with van der Waals surface area (Å²) < 4.78 is 13.7. The Morgan fingerprint density at radius 2 is 2.13 bits per heavy atom. The first-order chi connectivity index (χ1) is 10.7. The van der Waals surface area contributed by atoms with Crippen LogP contribution in [0.25, 0.3) is 0 Å². The van der Waals surface area contributed by atoms with E-state index >= 15 is 0 Å². The summed E-state index contributed by atoms with van der Waals surface area (Å²) in [6.45, 7) is 1.33. The molecule has 1 fully saturated rings. The van der Waals surface area contributed by atoms with Gasteiger partial charge in [-0.25, -0.2) is 4.39 Å². The highest BCUT2D eigenvalue weighted by Gasteiger charge is 2.43. The van der Waals surface area contributed by atoms with Gasteiger partial charge < -0.3 is 15.3 Å². The van der Waals surface area contributed by atoms with Crippen molar-refractivity contribution in [3.63, 3.8) is 0 Å². The summed E-state index contributed by atoms with van der Waals surface area (Å²) >= 11 is 5.65. The standard InChI is InChI=1S/C15H16ClFN2O4/c1-7(15(22)23)18-14(21)9-6-12(20)19(2)13(9)8-3-4-10(16)11(17)5-8/h3-5,7,9,13H,6H2,1-2H3,(H,18,21)(H,22,23)/t7-,9?,13?/m1/s1. The van der Waals surface area contributed by atoms with Gasteiger partial charge in [0.2, 0.25) is 11.8 Å².